The van der Waals surface area contributed by atoms with Crippen LogP contribution in [0.4, 0.5) is 10.1 Å². The predicted molar refractivity (Wildman–Crippen MR) is 162 cm³/mol. The van der Waals surface area contributed by atoms with Gasteiger partial charge in [0.25, 0.3) is 11.5 Å². The minimum atomic E-state index is -0.536. The minimum absolute atomic E-state index is 0.00357. The highest BCUT2D eigenvalue weighted by Crippen LogP contribution is 2.33. The summed E-state index contributed by atoms with van der Waals surface area (Å²) in [6, 6.07) is 14.8. The number of nitrogens with one attached hydrogen (secondary N) is 1. The molecule has 0 saturated heterocycles. The van der Waals surface area contributed by atoms with E-state index in [-0.39, 0.29) is 23.8 Å². The van der Waals surface area contributed by atoms with Crippen LogP contribution in [0.5, 0.6) is 11.5 Å². The number of hydrogen-bond donors (Lipinski definition) is 1. The highest BCUT2D eigenvalue weighted by Gasteiger charge is 2.17. The second-order valence-electron chi connectivity index (χ2n) is 8.65. The maximum Gasteiger partial charge on any atom is 0.282 e. The second kappa shape index (κ2) is 12.7. The van der Waals surface area contributed by atoms with Gasteiger partial charge in [0.05, 0.1) is 33.5 Å². The maximum atomic E-state index is 13.8. The Morgan fingerprint density at radius 2 is 2.03 bits per heavy atom. The largest absolute Gasteiger partial charge is 0.493 e. The lowest BCUT2D eigenvalue weighted by atomic mass is 10.1. The third kappa shape index (κ3) is 6.64. The van der Waals surface area contributed by atoms with Gasteiger partial charge in [-0.05, 0) is 77.0 Å². The summed E-state index contributed by atoms with van der Waals surface area (Å²) in [6.45, 7) is 3.68. The van der Waals surface area contributed by atoms with E-state index in [4.69, 9.17) is 14.5 Å². The Bertz CT molecular complexity index is 1630. The third-order valence-corrected chi connectivity index (χ3v) is 7.25. The lowest BCUT2D eigenvalue weighted by molar-refractivity contribution is -0.118. The first-order valence-corrected chi connectivity index (χ1v) is 13.9. The van der Waals surface area contributed by atoms with Gasteiger partial charge in [0.1, 0.15) is 11.6 Å². The van der Waals surface area contributed by atoms with Crippen molar-refractivity contribution >= 4 is 67.2 Å². The van der Waals surface area contributed by atoms with Crippen molar-refractivity contribution in [3.05, 3.63) is 90.2 Å². The normalized spacial score (nSPS) is 12.1. The lowest BCUT2D eigenvalue weighted by Gasteiger charge is -2.15. The Labute approximate surface area is 246 Å². The number of amides is 1. The number of fused-ring (bicyclic) bond motifs is 1. The number of carbonyl (C=O) groups excluding carboxylic acids is 1. The number of nitrogens with zero attached hydrogens (tertiary/aromatic N) is 3. The second-order valence-corrected chi connectivity index (χ2v) is 10.7. The van der Waals surface area contributed by atoms with E-state index in [2.05, 4.69) is 48.9 Å². The number of para-hydroxylation sites is 1. The first-order valence-electron chi connectivity index (χ1n) is 12.0. The van der Waals surface area contributed by atoms with Gasteiger partial charge in [-0.25, -0.2) is 9.37 Å². The molecule has 0 saturated carbocycles. The first kappa shape index (κ1) is 28.7. The van der Waals surface area contributed by atoms with E-state index in [0.29, 0.717) is 37.4 Å². The average Bonchev–Trinajstić information content (AvgIpc) is 2.92. The number of hydrogen-bond acceptors (Lipinski definition) is 6. The summed E-state index contributed by atoms with van der Waals surface area (Å²) >= 11 is 5.48. The van der Waals surface area contributed by atoms with E-state index in [0.717, 1.165) is 10.9 Å². The van der Waals surface area contributed by atoms with Crippen molar-refractivity contribution in [1.82, 2.24) is 9.66 Å². The van der Waals surface area contributed by atoms with Gasteiger partial charge in [0.15, 0.2) is 18.1 Å². The number of methoxy groups -OCH3 is 1. The van der Waals surface area contributed by atoms with E-state index in [9.17, 15) is 14.0 Å². The molecule has 1 amide bonds. The summed E-state index contributed by atoms with van der Waals surface area (Å²) in [6.07, 6.45) is 2.34. The van der Waals surface area contributed by atoms with Gasteiger partial charge in [-0.15, -0.1) is 0 Å². The van der Waals surface area contributed by atoms with Crippen LogP contribution >= 0.6 is 38.5 Å². The van der Waals surface area contributed by atoms with Crippen molar-refractivity contribution in [3.63, 3.8) is 0 Å². The molecule has 0 aliphatic rings. The molecule has 4 aromatic rings. The lowest BCUT2D eigenvalue weighted by Crippen LogP contribution is -2.23. The Balaban J connectivity index is 1.61. The van der Waals surface area contributed by atoms with Crippen LogP contribution in [0.2, 0.25) is 0 Å². The quantitative estimate of drug-likeness (QED) is 0.162. The van der Waals surface area contributed by atoms with E-state index < -0.39 is 11.7 Å². The van der Waals surface area contributed by atoms with E-state index in [1.54, 1.807) is 30.5 Å². The molecule has 0 unspecified atom stereocenters. The van der Waals surface area contributed by atoms with Crippen molar-refractivity contribution in [3.8, 4) is 11.5 Å². The smallest absolute Gasteiger partial charge is 0.282 e. The van der Waals surface area contributed by atoms with E-state index >= 15 is 0 Å². The fourth-order valence-corrected chi connectivity index (χ4v) is 4.89. The van der Waals surface area contributed by atoms with Gasteiger partial charge >= 0.3 is 0 Å². The molecule has 3 aromatic carbocycles. The highest BCUT2D eigenvalue weighted by molar-refractivity contribution is 14.1. The molecule has 0 radical (unpaired) electrons. The van der Waals surface area contributed by atoms with Gasteiger partial charge in [-0.1, -0.05) is 41.9 Å². The minimum Gasteiger partial charge on any atom is -0.493 e. The molecule has 1 heterocycles. The molecular formula is C28H25BrFIN4O4. The van der Waals surface area contributed by atoms with Gasteiger partial charge in [-0.3, -0.25) is 9.59 Å². The van der Waals surface area contributed by atoms with Gasteiger partial charge < -0.3 is 14.8 Å². The SMILES string of the molecule is CC[C@H](C)c1nc2ccc(Br)cc2c(=O)n1N=Cc1cc(I)c(OCC(=O)Nc2ccccc2F)c(OC)c1. The summed E-state index contributed by atoms with van der Waals surface area (Å²) in [5, 5.41) is 7.44. The molecule has 0 aliphatic heterocycles. The van der Waals surface area contributed by atoms with Crippen LogP contribution in [0.1, 0.15) is 37.6 Å². The first-order chi connectivity index (χ1) is 18.7. The Morgan fingerprint density at radius 1 is 1.26 bits per heavy atom. The molecule has 1 N–H and O–H groups in total. The van der Waals surface area contributed by atoms with Crippen molar-refractivity contribution in [1.29, 1.82) is 0 Å². The molecule has 0 bridgehead atoms. The fourth-order valence-electron chi connectivity index (χ4n) is 3.74. The zero-order chi connectivity index (χ0) is 28.1. The molecule has 1 aromatic heterocycles. The van der Waals surface area contributed by atoms with Crippen molar-refractivity contribution in [2.45, 2.75) is 26.2 Å². The molecule has 39 heavy (non-hydrogen) atoms. The number of halogens is 3. The van der Waals surface area contributed by atoms with Crippen LogP contribution in [0.3, 0.4) is 0 Å². The average molecular weight is 707 g/mol. The van der Waals surface area contributed by atoms with Crippen LogP contribution in [-0.4, -0.2) is 35.5 Å². The van der Waals surface area contributed by atoms with Crippen molar-refractivity contribution < 1.29 is 18.7 Å². The molecule has 1 atom stereocenters. The fraction of sp³-hybridized carbons (Fsp3) is 0.214. The topological polar surface area (TPSA) is 94.8 Å². The Hall–Kier alpha value is -3.32. The van der Waals surface area contributed by atoms with Crippen molar-refractivity contribution in [2.24, 2.45) is 5.10 Å². The Morgan fingerprint density at radius 3 is 2.74 bits per heavy atom. The standard InChI is InChI=1S/C28H25BrFIN4O4/c1-4-16(2)27-34-22-10-9-18(29)13-19(22)28(37)35(27)32-14-17-11-21(31)26(24(12-17)38-3)39-15-25(36)33-23-8-6-5-7-20(23)30/h5-14,16H,4,15H2,1-3H3,(H,33,36)/t16-/m0/s1. The molecule has 202 valence electrons. The molecular weight excluding hydrogens is 682 g/mol. The summed E-state index contributed by atoms with van der Waals surface area (Å²) < 4.78 is 27.8. The highest BCUT2D eigenvalue weighted by atomic mass is 127. The van der Waals surface area contributed by atoms with Gasteiger partial charge in [-0.2, -0.15) is 9.78 Å². The van der Waals surface area contributed by atoms with Gasteiger partial charge in [0, 0.05) is 10.4 Å². The summed E-state index contributed by atoms with van der Waals surface area (Å²) in [5.41, 5.74) is 1.06. The number of benzene rings is 3. The molecule has 11 heteroatoms. The monoisotopic (exact) mass is 706 g/mol. The summed E-state index contributed by atoms with van der Waals surface area (Å²) in [5.74, 6) is 0.244. The Kier molecular flexibility index (Phi) is 9.33. The molecule has 8 nitrogen and oxygen atoms in total. The van der Waals surface area contributed by atoms with Gasteiger partial charge in [0.2, 0.25) is 0 Å². The van der Waals surface area contributed by atoms with Crippen LogP contribution in [0.15, 0.2) is 69.0 Å². The van der Waals surface area contributed by atoms with Crippen LogP contribution in [0.25, 0.3) is 10.9 Å². The van der Waals surface area contributed by atoms with Crippen LogP contribution in [-0.2, 0) is 4.79 Å². The molecule has 0 aliphatic carbocycles. The number of carbonyl (C=O) groups is 1. The number of rotatable bonds is 9. The predicted octanol–water partition coefficient (Wildman–Crippen LogP) is 6.32. The third-order valence-electron chi connectivity index (χ3n) is 5.96. The summed E-state index contributed by atoms with van der Waals surface area (Å²) in [4.78, 5) is 30.4. The van der Waals surface area contributed by atoms with E-state index in [1.807, 2.05) is 26.0 Å². The van der Waals surface area contributed by atoms with E-state index in [1.165, 1.54) is 30.0 Å². The molecule has 4 rings (SSSR count). The maximum absolute atomic E-state index is 13.8. The molecule has 0 spiro atoms. The van der Waals surface area contributed by atoms with Crippen molar-refractivity contribution in [2.75, 3.05) is 19.0 Å². The molecule has 0 fully saturated rings. The number of ether oxygens (including phenoxy) is 2. The zero-order valence-corrected chi connectivity index (χ0v) is 25.1. The number of aromatic nitrogens is 2. The van der Waals surface area contributed by atoms with Crippen LogP contribution in [0, 0.1) is 9.39 Å². The zero-order valence-electron chi connectivity index (χ0n) is 21.4. The number of anilines is 1. The van der Waals surface area contributed by atoms with Crippen LogP contribution < -0.4 is 20.3 Å². The summed E-state index contributed by atoms with van der Waals surface area (Å²) in [7, 11) is 1.48.